The molecule has 0 radical (unpaired) electrons. The lowest BCUT2D eigenvalue weighted by atomic mass is 9.65. The number of rotatable bonds is 3. The maximum Gasteiger partial charge on any atom is 0.224 e. The third-order valence-electron chi connectivity index (χ3n) is 6.68. The molecule has 29 heavy (non-hydrogen) atoms. The zero-order valence-electron chi connectivity index (χ0n) is 16.5. The van der Waals surface area contributed by atoms with Gasteiger partial charge in [0, 0.05) is 49.9 Å². The molecule has 1 aromatic heterocycles. The summed E-state index contributed by atoms with van der Waals surface area (Å²) in [7, 11) is 0. The number of halogens is 2. The lowest BCUT2D eigenvalue weighted by molar-refractivity contribution is -0.146. The highest BCUT2D eigenvalue weighted by Crippen LogP contribution is 2.41. The number of hydrogen-bond donors (Lipinski definition) is 4. The Bertz CT molecular complexity index is 663. The first-order chi connectivity index (χ1) is 13.1. The van der Waals surface area contributed by atoms with Crippen molar-refractivity contribution in [3.05, 3.63) is 18.6 Å². The van der Waals surface area contributed by atoms with Crippen LogP contribution in [-0.4, -0.2) is 70.5 Å². The highest BCUT2D eigenvalue weighted by atomic mass is 35.5. The van der Waals surface area contributed by atoms with Crippen LogP contribution in [0.1, 0.15) is 19.8 Å². The van der Waals surface area contributed by atoms with E-state index in [4.69, 9.17) is 0 Å². The highest BCUT2D eigenvalue weighted by Gasteiger charge is 2.52. The summed E-state index contributed by atoms with van der Waals surface area (Å²) in [5.41, 5.74) is 0. The number of anilines is 1. The zero-order valence-corrected chi connectivity index (χ0v) is 18.1. The number of aliphatic hydroxyl groups excluding tert-OH is 2. The van der Waals surface area contributed by atoms with Gasteiger partial charge in [-0.1, -0.05) is 6.92 Å². The van der Waals surface area contributed by atoms with Crippen LogP contribution in [0.2, 0.25) is 0 Å². The van der Waals surface area contributed by atoms with Crippen molar-refractivity contribution in [1.82, 2.24) is 20.6 Å². The van der Waals surface area contributed by atoms with Crippen LogP contribution in [-0.2, 0) is 4.79 Å². The van der Waals surface area contributed by atoms with Gasteiger partial charge in [-0.25, -0.2) is 4.98 Å². The van der Waals surface area contributed by atoms with Crippen LogP contribution in [0.15, 0.2) is 18.6 Å². The van der Waals surface area contributed by atoms with Crippen molar-refractivity contribution in [2.45, 2.75) is 38.0 Å². The molecule has 1 aliphatic carbocycles. The van der Waals surface area contributed by atoms with Crippen LogP contribution in [0.5, 0.6) is 0 Å². The summed E-state index contributed by atoms with van der Waals surface area (Å²) in [5, 5.41) is 27.2. The van der Waals surface area contributed by atoms with Gasteiger partial charge in [-0.15, -0.1) is 24.8 Å². The second-order valence-electron chi connectivity index (χ2n) is 8.19. The van der Waals surface area contributed by atoms with E-state index >= 15 is 0 Å². The van der Waals surface area contributed by atoms with Crippen LogP contribution >= 0.6 is 24.8 Å². The SMILES string of the molecule is C[C@H]1[C@H](O)[C@@H](O)[C@H]2CNC[C@@H]2[C@H]1C(=O)NC1CCN(c2cnccn2)CC1.Cl.Cl. The molecular formula is C19H31Cl2N5O3. The van der Waals surface area contributed by atoms with E-state index in [-0.39, 0.29) is 60.4 Å². The molecule has 1 amide bonds. The van der Waals surface area contributed by atoms with E-state index in [1.165, 1.54) is 0 Å². The minimum Gasteiger partial charge on any atom is -0.390 e. The number of aromatic nitrogens is 2. The number of piperidine rings is 1. The van der Waals surface area contributed by atoms with Gasteiger partial charge < -0.3 is 25.7 Å². The van der Waals surface area contributed by atoms with E-state index in [2.05, 4.69) is 25.5 Å². The Morgan fingerprint density at radius 1 is 1.14 bits per heavy atom. The van der Waals surface area contributed by atoms with Gasteiger partial charge in [0.25, 0.3) is 0 Å². The van der Waals surface area contributed by atoms with Crippen LogP contribution in [0, 0.1) is 23.7 Å². The number of aliphatic hydroxyl groups is 2. The molecular weight excluding hydrogens is 417 g/mol. The Balaban J connectivity index is 0.00000150. The molecule has 3 heterocycles. The summed E-state index contributed by atoms with van der Waals surface area (Å²) in [5.74, 6) is 0.413. The molecule has 3 fully saturated rings. The van der Waals surface area contributed by atoms with E-state index in [9.17, 15) is 15.0 Å². The fourth-order valence-electron chi connectivity index (χ4n) is 5.09. The minimum absolute atomic E-state index is 0. The van der Waals surface area contributed by atoms with Crippen LogP contribution in [0.4, 0.5) is 5.82 Å². The molecule has 1 saturated carbocycles. The third-order valence-corrected chi connectivity index (χ3v) is 6.68. The number of nitrogens with one attached hydrogen (secondary N) is 2. The van der Waals surface area contributed by atoms with Crippen LogP contribution in [0.25, 0.3) is 0 Å². The molecule has 0 unspecified atom stereocenters. The lowest BCUT2D eigenvalue weighted by Gasteiger charge is -2.44. The van der Waals surface area contributed by atoms with Gasteiger partial charge in [-0.05, 0) is 31.2 Å². The number of carbonyl (C=O) groups excluding carboxylic acids is 1. The van der Waals surface area contributed by atoms with Gasteiger partial charge in [0.15, 0.2) is 0 Å². The summed E-state index contributed by atoms with van der Waals surface area (Å²) >= 11 is 0. The lowest BCUT2D eigenvalue weighted by Crippen LogP contribution is -2.57. The van der Waals surface area contributed by atoms with Crippen molar-refractivity contribution >= 4 is 36.5 Å². The third kappa shape index (κ3) is 4.77. The van der Waals surface area contributed by atoms with Crippen molar-refractivity contribution in [3.8, 4) is 0 Å². The number of fused-ring (bicyclic) bond motifs is 1. The maximum absolute atomic E-state index is 13.1. The predicted octanol–water partition coefficient (Wildman–Crippen LogP) is 0.228. The number of carbonyl (C=O) groups is 1. The molecule has 0 aromatic carbocycles. The largest absolute Gasteiger partial charge is 0.390 e. The highest BCUT2D eigenvalue weighted by molar-refractivity contribution is 5.85. The fourth-order valence-corrected chi connectivity index (χ4v) is 5.09. The van der Waals surface area contributed by atoms with Gasteiger partial charge in [-0.2, -0.15) is 0 Å². The predicted molar refractivity (Wildman–Crippen MR) is 114 cm³/mol. The Labute approximate surface area is 183 Å². The van der Waals surface area contributed by atoms with Crippen molar-refractivity contribution < 1.29 is 15.0 Å². The first kappa shape index (κ1) is 24.1. The first-order valence-electron chi connectivity index (χ1n) is 9.94. The Hall–Kier alpha value is -1.19. The molecule has 164 valence electrons. The van der Waals surface area contributed by atoms with Gasteiger partial charge in [0.05, 0.1) is 18.4 Å². The van der Waals surface area contributed by atoms with E-state index in [0.29, 0.717) is 6.54 Å². The van der Waals surface area contributed by atoms with E-state index in [0.717, 1.165) is 38.3 Å². The Morgan fingerprint density at radius 3 is 2.48 bits per heavy atom. The standard InChI is InChI=1S/C19H29N5O3.2ClH/c1-11-16(13-8-21-9-14(13)18(26)17(11)25)19(27)23-12-2-6-24(7-3-12)15-10-20-4-5-22-15;;/h4-5,10-14,16-18,21,25-26H,2-3,6-9H2,1H3,(H,23,27);2*1H/t11-,13+,14+,16+,17+,18+;;/m1../s1. The first-order valence-corrected chi connectivity index (χ1v) is 9.94. The molecule has 2 saturated heterocycles. The molecule has 0 spiro atoms. The maximum atomic E-state index is 13.1. The normalized spacial score (nSPS) is 34.5. The molecule has 6 atom stereocenters. The number of hydrogen-bond acceptors (Lipinski definition) is 7. The van der Waals surface area contributed by atoms with Crippen molar-refractivity contribution in [2.75, 3.05) is 31.1 Å². The van der Waals surface area contributed by atoms with E-state index < -0.39 is 12.2 Å². The van der Waals surface area contributed by atoms with Crippen molar-refractivity contribution in [3.63, 3.8) is 0 Å². The molecule has 10 heteroatoms. The fraction of sp³-hybridized carbons (Fsp3) is 0.737. The molecule has 0 bridgehead atoms. The number of amides is 1. The monoisotopic (exact) mass is 447 g/mol. The quantitative estimate of drug-likeness (QED) is 0.524. The average Bonchev–Trinajstić information content (AvgIpc) is 3.17. The van der Waals surface area contributed by atoms with Gasteiger partial charge in [-0.3, -0.25) is 9.78 Å². The van der Waals surface area contributed by atoms with Crippen molar-refractivity contribution in [2.24, 2.45) is 23.7 Å². The minimum atomic E-state index is -0.847. The van der Waals surface area contributed by atoms with Crippen LogP contribution < -0.4 is 15.5 Å². The molecule has 2 aliphatic heterocycles. The van der Waals surface area contributed by atoms with Gasteiger partial charge >= 0.3 is 0 Å². The Kier molecular flexibility index (Phi) is 8.48. The molecule has 4 rings (SSSR count). The second-order valence-corrected chi connectivity index (χ2v) is 8.19. The molecule has 3 aliphatic rings. The molecule has 1 aromatic rings. The molecule has 8 nitrogen and oxygen atoms in total. The van der Waals surface area contributed by atoms with Gasteiger partial charge in [0.1, 0.15) is 5.82 Å². The van der Waals surface area contributed by atoms with Crippen LogP contribution in [0.3, 0.4) is 0 Å². The Morgan fingerprint density at radius 2 is 1.83 bits per heavy atom. The summed E-state index contributed by atoms with van der Waals surface area (Å²) < 4.78 is 0. The summed E-state index contributed by atoms with van der Waals surface area (Å²) in [6, 6.07) is 0.134. The zero-order chi connectivity index (χ0) is 19.0. The van der Waals surface area contributed by atoms with E-state index in [1.807, 2.05) is 6.92 Å². The summed E-state index contributed by atoms with van der Waals surface area (Å²) in [6.07, 6.45) is 5.25. The second kappa shape index (κ2) is 10.2. The number of nitrogens with zero attached hydrogens (tertiary/aromatic N) is 3. The average molecular weight is 448 g/mol. The smallest absolute Gasteiger partial charge is 0.224 e. The topological polar surface area (TPSA) is 111 Å². The van der Waals surface area contributed by atoms with E-state index in [1.54, 1.807) is 18.6 Å². The molecule has 4 N–H and O–H groups in total. The summed E-state index contributed by atoms with van der Waals surface area (Å²) in [4.78, 5) is 23.7. The summed E-state index contributed by atoms with van der Waals surface area (Å²) in [6.45, 7) is 4.93. The van der Waals surface area contributed by atoms with Gasteiger partial charge in [0.2, 0.25) is 5.91 Å². The van der Waals surface area contributed by atoms with Crippen molar-refractivity contribution in [1.29, 1.82) is 0 Å².